The number of carbonyl (C=O) groups is 3. The number of aliphatic carboxylic acids is 1. The largest absolute Gasteiger partial charge is 0.478 e. The van der Waals surface area contributed by atoms with Crippen molar-refractivity contribution in [2.75, 3.05) is 4.90 Å². The van der Waals surface area contributed by atoms with E-state index < -0.39 is 17.9 Å². The molecule has 1 unspecified atom stereocenters. The Hall–Kier alpha value is -4.19. The highest BCUT2D eigenvalue weighted by molar-refractivity contribution is 6.08. The zero-order valence-corrected chi connectivity index (χ0v) is 18.6. The fourth-order valence-electron chi connectivity index (χ4n) is 3.52. The van der Waals surface area contributed by atoms with Crippen molar-refractivity contribution in [2.24, 2.45) is 0 Å². The van der Waals surface area contributed by atoms with Gasteiger partial charge in [-0.15, -0.1) is 0 Å². The molecule has 0 bridgehead atoms. The normalized spacial score (nSPS) is 11.7. The molecule has 0 aliphatic rings. The Morgan fingerprint density at radius 1 is 0.909 bits per heavy atom. The van der Waals surface area contributed by atoms with Crippen molar-refractivity contribution in [1.82, 2.24) is 5.32 Å². The van der Waals surface area contributed by atoms with Crippen LogP contribution in [0.4, 0.5) is 5.69 Å². The average molecular weight is 443 g/mol. The molecule has 1 atom stereocenters. The number of carbonyl (C=O) groups excluding carboxylic acids is 2. The van der Waals surface area contributed by atoms with Crippen LogP contribution < -0.4 is 10.2 Å². The number of anilines is 1. The fourth-order valence-corrected chi connectivity index (χ4v) is 3.52. The van der Waals surface area contributed by atoms with Gasteiger partial charge in [-0.2, -0.15) is 0 Å². The summed E-state index contributed by atoms with van der Waals surface area (Å²) in [6.45, 7) is 4.04. The molecule has 0 heterocycles. The smallest absolute Gasteiger partial charge is 0.328 e. The number of amides is 2. The van der Waals surface area contributed by atoms with Gasteiger partial charge in [0.25, 0.3) is 5.91 Å². The number of rotatable bonds is 8. The lowest BCUT2D eigenvalue weighted by Crippen LogP contribution is -2.43. The van der Waals surface area contributed by atoms with Gasteiger partial charge in [-0.25, -0.2) is 4.79 Å². The summed E-state index contributed by atoms with van der Waals surface area (Å²) >= 11 is 0. The monoisotopic (exact) mass is 442 g/mol. The van der Waals surface area contributed by atoms with Gasteiger partial charge in [0.05, 0.1) is 0 Å². The van der Waals surface area contributed by atoms with E-state index in [9.17, 15) is 14.4 Å². The molecule has 0 aliphatic heterocycles. The molecule has 3 aromatic rings. The summed E-state index contributed by atoms with van der Waals surface area (Å²) in [6, 6.07) is 23.1. The summed E-state index contributed by atoms with van der Waals surface area (Å²) < 4.78 is 0. The summed E-state index contributed by atoms with van der Waals surface area (Å²) in [7, 11) is 0. The van der Waals surface area contributed by atoms with Gasteiger partial charge in [-0.1, -0.05) is 72.8 Å². The lowest BCUT2D eigenvalue weighted by Gasteiger charge is -2.32. The van der Waals surface area contributed by atoms with E-state index in [1.54, 1.807) is 24.3 Å². The Morgan fingerprint density at radius 3 is 2.18 bits per heavy atom. The molecule has 6 nitrogen and oxygen atoms in total. The first-order valence-corrected chi connectivity index (χ1v) is 10.5. The first-order chi connectivity index (χ1) is 15.9. The van der Waals surface area contributed by atoms with E-state index in [-0.39, 0.29) is 5.91 Å². The predicted molar refractivity (Wildman–Crippen MR) is 128 cm³/mol. The number of carboxylic acid groups (broad SMARTS) is 1. The number of nitrogens with one attached hydrogen (secondary N) is 1. The molecule has 3 rings (SSSR count). The van der Waals surface area contributed by atoms with Crippen LogP contribution in [-0.4, -0.2) is 22.9 Å². The molecule has 168 valence electrons. The number of benzene rings is 3. The standard InChI is InChI=1S/C27H26N2O4/c1-19-13-14-20(2)23(17-19)29(24(30)15-16-25(31)32)26(22-11-7-4-8-12-22)27(33)28-18-21-9-5-3-6-10-21/h3-17,26H,18H2,1-2H3,(H,28,33)(H,31,32)/b16-15+. The molecule has 0 aliphatic carbocycles. The van der Waals surface area contributed by atoms with Gasteiger partial charge in [0.1, 0.15) is 6.04 Å². The van der Waals surface area contributed by atoms with Gasteiger partial charge in [0, 0.05) is 24.4 Å². The van der Waals surface area contributed by atoms with Gasteiger partial charge < -0.3 is 10.4 Å². The second-order valence-corrected chi connectivity index (χ2v) is 7.69. The minimum Gasteiger partial charge on any atom is -0.478 e. The lowest BCUT2D eigenvalue weighted by atomic mass is 10.0. The molecule has 0 radical (unpaired) electrons. The van der Waals surface area contributed by atoms with Crippen LogP contribution in [0.2, 0.25) is 0 Å². The van der Waals surface area contributed by atoms with Gasteiger partial charge >= 0.3 is 5.97 Å². The van der Waals surface area contributed by atoms with Crippen molar-refractivity contribution in [3.8, 4) is 0 Å². The van der Waals surface area contributed by atoms with Crippen molar-refractivity contribution >= 4 is 23.5 Å². The highest BCUT2D eigenvalue weighted by Crippen LogP contribution is 2.31. The van der Waals surface area contributed by atoms with Crippen molar-refractivity contribution in [2.45, 2.75) is 26.4 Å². The summed E-state index contributed by atoms with van der Waals surface area (Å²) in [5.41, 5.74) is 3.77. The van der Waals surface area contributed by atoms with Crippen LogP contribution in [0.5, 0.6) is 0 Å². The lowest BCUT2D eigenvalue weighted by molar-refractivity contribution is -0.131. The Kier molecular flexibility index (Phi) is 7.76. The molecule has 0 saturated heterocycles. The summed E-state index contributed by atoms with van der Waals surface area (Å²) in [5, 5.41) is 12.0. The SMILES string of the molecule is Cc1ccc(C)c(N(C(=O)/C=C/C(=O)O)C(C(=O)NCc2ccccc2)c2ccccc2)c1. The topological polar surface area (TPSA) is 86.7 Å². The number of carboxylic acids is 1. The van der Waals surface area contributed by atoms with Crippen molar-refractivity contribution < 1.29 is 19.5 Å². The van der Waals surface area contributed by atoms with Gasteiger partial charge in [-0.3, -0.25) is 14.5 Å². The first-order valence-electron chi connectivity index (χ1n) is 10.5. The number of hydrogen-bond acceptors (Lipinski definition) is 3. The molecule has 6 heteroatoms. The molecular formula is C27H26N2O4. The molecule has 0 saturated carbocycles. The molecule has 0 spiro atoms. The molecule has 33 heavy (non-hydrogen) atoms. The molecule has 3 aromatic carbocycles. The maximum atomic E-state index is 13.5. The van der Waals surface area contributed by atoms with Crippen LogP contribution in [0.3, 0.4) is 0 Å². The number of nitrogens with zero attached hydrogens (tertiary/aromatic N) is 1. The Morgan fingerprint density at radius 2 is 1.55 bits per heavy atom. The van der Waals surface area contributed by atoms with Gasteiger partial charge in [0.15, 0.2) is 0 Å². The molecule has 0 aromatic heterocycles. The highest BCUT2D eigenvalue weighted by Gasteiger charge is 2.32. The van der Waals surface area contributed by atoms with Crippen LogP contribution >= 0.6 is 0 Å². The maximum Gasteiger partial charge on any atom is 0.328 e. The summed E-state index contributed by atoms with van der Waals surface area (Å²) in [5.74, 6) is -2.22. The maximum absolute atomic E-state index is 13.5. The van der Waals surface area contributed by atoms with Crippen LogP contribution in [0.1, 0.15) is 28.3 Å². The third kappa shape index (κ3) is 6.17. The zero-order valence-electron chi connectivity index (χ0n) is 18.6. The van der Waals surface area contributed by atoms with E-state index in [2.05, 4.69) is 5.32 Å². The minimum absolute atomic E-state index is 0.294. The van der Waals surface area contributed by atoms with E-state index in [4.69, 9.17) is 5.11 Å². The summed E-state index contributed by atoms with van der Waals surface area (Å²) in [4.78, 5) is 39.3. The van der Waals surface area contributed by atoms with Crippen LogP contribution in [0.15, 0.2) is 91.0 Å². The van der Waals surface area contributed by atoms with Crippen LogP contribution in [0, 0.1) is 13.8 Å². The second kappa shape index (κ2) is 10.9. The third-order valence-electron chi connectivity index (χ3n) is 5.16. The van der Waals surface area contributed by atoms with Gasteiger partial charge in [-0.05, 0) is 42.2 Å². The molecule has 0 fully saturated rings. The molecule has 2 N–H and O–H groups in total. The van der Waals surface area contributed by atoms with E-state index >= 15 is 0 Å². The second-order valence-electron chi connectivity index (χ2n) is 7.69. The van der Waals surface area contributed by atoms with E-state index in [0.29, 0.717) is 17.8 Å². The number of aryl methyl sites for hydroxylation is 2. The van der Waals surface area contributed by atoms with Crippen molar-refractivity contribution in [1.29, 1.82) is 0 Å². The Bertz CT molecular complexity index is 1160. The molecular weight excluding hydrogens is 416 g/mol. The van der Waals surface area contributed by atoms with E-state index in [0.717, 1.165) is 28.8 Å². The number of hydrogen-bond donors (Lipinski definition) is 2. The predicted octanol–water partition coefficient (Wildman–Crippen LogP) is 4.33. The van der Waals surface area contributed by atoms with Crippen LogP contribution in [-0.2, 0) is 20.9 Å². The Labute approximate surface area is 193 Å². The Balaban J connectivity index is 2.08. The average Bonchev–Trinajstić information content (AvgIpc) is 2.82. The summed E-state index contributed by atoms with van der Waals surface area (Å²) in [6.07, 6.45) is 1.76. The van der Waals surface area contributed by atoms with Crippen LogP contribution in [0.25, 0.3) is 0 Å². The van der Waals surface area contributed by atoms with Gasteiger partial charge in [0.2, 0.25) is 5.91 Å². The van der Waals surface area contributed by atoms with E-state index in [1.165, 1.54) is 4.90 Å². The minimum atomic E-state index is -1.24. The first kappa shape index (κ1) is 23.5. The highest BCUT2D eigenvalue weighted by atomic mass is 16.4. The molecule has 2 amide bonds. The zero-order chi connectivity index (χ0) is 23.8. The van der Waals surface area contributed by atoms with Crippen molar-refractivity contribution in [3.05, 3.63) is 113 Å². The quantitative estimate of drug-likeness (QED) is 0.508. The van der Waals surface area contributed by atoms with E-state index in [1.807, 2.05) is 68.4 Å². The third-order valence-corrected chi connectivity index (χ3v) is 5.16. The fraction of sp³-hybridized carbons (Fsp3) is 0.148. The van der Waals surface area contributed by atoms with Crippen molar-refractivity contribution in [3.63, 3.8) is 0 Å².